The Kier molecular flexibility index (Phi) is 7.94. The molecule has 0 radical (unpaired) electrons. The Bertz CT molecular complexity index is 1250. The van der Waals surface area contributed by atoms with Gasteiger partial charge in [-0.3, -0.25) is 19.7 Å². The van der Waals surface area contributed by atoms with E-state index in [0.29, 0.717) is 28.6 Å². The predicted molar refractivity (Wildman–Crippen MR) is 141 cm³/mol. The highest BCUT2D eigenvalue weighted by Gasteiger charge is 2.68. The number of aliphatic carboxylic acids is 1. The number of hydrogen-bond acceptors (Lipinski definition) is 6. The lowest BCUT2D eigenvalue weighted by Crippen LogP contribution is -2.56. The number of ether oxygens (including phenoxy) is 1. The van der Waals surface area contributed by atoms with Crippen LogP contribution < -0.4 is 26.0 Å². The van der Waals surface area contributed by atoms with Crippen LogP contribution in [0.25, 0.3) is 0 Å². The highest BCUT2D eigenvalue weighted by atomic mass is 35.5. The zero-order chi connectivity index (χ0) is 27.6. The molecule has 2 aliphatic heterocycles. The molecule has 4 amide bonds. The summed E-state index contributed by atoms with van der Waals surface area (Å²) >= 11 is 6.29. The van der Waals surface area contributed by atoms with E-state index in [2.05, 4.69) is 10.6 Å². The van der Waals surface area contributed by atoms with Gasteiger partial charge in [0.15, 0.2) is 0 Å². The molecule has 10 nitrogen and oxygen atoms in total. The number of carboxylic acid groups (broad SMARTS) is 1. The molecular formula is C27H31ClN4O6. The summed E-state index contributed by atoms with van der Waals surface area (Å²) < 4.78 is 5.66. The van der Waals surface area contributed by atoms with Crippen molar-refractivity contribution in [2.45, 2.75) is 44.7 Å². The average Bonchev–Trinajstić information content (AvgIpc) is 3.36. The Labute approximate surface area is 225 Å². The van der Waals surface area contributed by atoms with Gasteiger partial charge in [0.1, 0.15) is 11.3 Å². The van der Waals surface area contributed by atoms with Crippen molar-refractivity contribution in [3.63, 3.8) is 0 Å². The van der Waals surface area contributed by atoms with E-state index < -0.39 is 47.2 Å². The number of hydrogen-bond donors (Lipinski definition) is 4. The first-order valence-electron chi connectivity index (χ1n) is 12.5. The van der Waals surface area contributed by atoms with Gasteiger partial charge in [-0.1, -0.05) is 36.7 Å². The van der Waals surface area contributed by atoms with Crippen LogP contribution >= 0.6 is 11.6 Å². The van der Waals surface area contributed by atoms with E-state index in [1.807, 2.05) is 6.92 Å². The standard InChI is InChI=1S/C27H31ClN4O6/c1-3-13-38-18-9-6-16(7-10-18)22-20-21(27(31-22,25(35)36)11-4-12-30-26(29)37)24(34)32(23(20)33)17-8-5-15(2)19(28)14-17/h5-10,14,20-22,31H,3-4,11-13H2,1-2H3,(H,35,36)(H3,29,30,37). The zero-order valence-electron chi connectivity index (χ0n) is 21.2. The van der Waals surface area contributed by atoms with Gasteiger partial charge < -0.3 is 20.9 Å². The van der Waals surface area contributed by atoms with Crippen molar-refractivity contribution >= 4 is 41.1 Å². The van der Waals surface area contributed by atoms with Crippen LogP contribution in [0.1, 0.15) is 43.4 Å². The monoisotopic (exact) mass is 542 g/mol. The van der Waals surface area contributed by atoms with Gasteiger partial charge in [-0.15, -0.1) is 0 Å². The van der Waals surface area contributed by atoms with Gasteiger partial charge in [0.2, 0.25) is 11.8 Å². The molecule has 2 aromatic rings. The highest BCUT2D eigenvalue weighted by molar-refractivity contribution is 6.32. The zero-order valence-corrected chi connectivity index (χ0v) is 22.0. The van der Waals surface area contributed by atoms with Crippen LogP contribution in [0.15, 0.2) is 42.5 Å². The number of benzene rings is 2. The number of aryl methyl sites for hydroxylation is 1. The van der Waals surface area contributed by atoms with Crippen molar-refractivity contribution in [3.05, 3.63) is 58.6 Å². The predicted octanol–water partition coefficient (Wildman–Crippen LogP) is 3.16. The molecule has 2 aromatic carbocycles. The molecule has 11 heteroatoms. The lowest BCUT2D eigenvalue weighted by molar-refractivity contribution is -0.149. The highest BCUT2D eigenvalue weighted by Crippen LogP contribution is 2.51. The second-order valence-electron chi connectivity index (χ2n) is 9.66. The normalized spacial score (nSPS) is 24.4. The minimum absolute atomic E-state index is 0.0144. The van der Waals surface area contributed by atoms with Crippen molar-refractivity contribution in [2.75, 3.05) is 18.1 Å². The van der Waals surface area contributed by atoms with Crippen LogP contribution in [0.3, 0.4) is 0 Å². The van der Waals surface area contributed by atoms with E-state index in [1.54, 1.807) is 43.3 Å². The average molecular weight is 543 g/mol. The number of amides is 4. The fraction of sp³-hybridized carbons (Fsp3) is 0.407. The number of fused-ring (bicyclic) bond motifs is 1. The first kappa shape index (κ1) is 27.4. The summed E-state index contributed by atoms with van der Waals surface area (Å²) in [6.07, 6.45) is 1.05. The van der Waals surface area contributed by atoms with Crippen molar-refractivity contribution in [2.24, 2.45) is 17.6 Å². The molecule has 2 fully saturated rings. The number of nitrogens with two attached hydrogens (primary N) is 1. The molecule has 4 unspecified atom stereocenters. The molecule has 0 aromatic heterocycles. The fourth-order valence-corrected chi connectivity index (χ4v) is 5.54. The van der Waals surface area contributed by atoms with Crippen molar-refractivity contribution in [3.8, 4) is 5.75 Å². The Morgan fingerprint density at radius 1 is 1.18 bits per heavy atom. The van der Waals surface area contributed by atoms with Gasteiger partial charge in [-0.05, 0) is 61.6 Å². The van der Waals surface area contributed by atoms with E-state index in [1.165, 1.54) is 6.07 Å². The number of carbonyl (C=O) groups is 4. The first-order chi connectivity index (χ1) is 18.1. The molecule has 5 N–H and O–H groups in total. The number of carboxylic acids is 1. The molecule has 0 aliphatic carbocycles. The molecule has 2 heterocycles. The van der Waals surface area contributed by atoms with Crippen LogP contribution in [0.5, 0.6) is 5.75 Å². The number of urea groups is 1. The molecule has 0 saturated carbocycles. The second kappa shape index (κ2) is 11.0. The number of primary amides is 1. The molecular weight excluding hydrogens is 512 g/mol. The third kappa shape index (κ3) is 4.93. The topological polar surface area (TPSA) is 151 Å². The smallest absolute Gasteiger partial charge is 0.324 e. The van der Waals surface area contributed by atoms with Gasteiger partial charge in [-0.2, -0.15) is 0 Å². The van der Waals surface area contributed by atoms with E-state index in [9.17, 15) is 24.3 Å². The molecule has 0 spiro atoms. The number of halogens is 1. The molecule has 202 valence electrons. The van der Waals surface area contributed by atoms with Crippen molar-refractivity contribution in [1.29, 1.82) is 0 Å². The maximum absolute atomic E-state index is 13.9. The quantitative estimate of drug-likeness (QED) is 0.266. The number of anilines is 1. The summed E-state index contributed by atoms with van der Waals surface area (Å²) in [5.74, 6) is -3.85. The summed E-state index contributed by atoms with van der Waals surface area (Å²) in [4.78, 5) is 52.7. The molecule has 4 rings (SSSR count). The third-order valence-corrected chi connectivity index (χ3v) is 7.62. The lowest BCUT2D eigenvalue weighted by atomic mass is 9.77. The van der Waals surface area contributed by atoms with Crippen molar-refractivity contribution in [1.82, 2.24) is 10.6 Å². The van der Waals surface area contributed by atoms with Gasteiger partial charge in [0.05, 0.1) is 24.1 Å². The first-order valence-corrected chi connectivity index (χ1v) is 12.9. The maximum Gasteiger partial charge on any atom is 0.324 e. The minimum atomic E-state index is -1.75. The molecule has 2 aliphatic rings. The van der Waals surface area contributed by atoms with Gasteiger partial charge in [0, 0.05) is 17.6 Å². The summed E-state index contributed by atoms with van der Waals surface area (Å²) in [5.41, 5.74) is 5.13. The summed E-state index contributed by atoms with van der Waals surface area (Å²) in [7, 11) is 0. The van der Waals surface area contributed by atoms with Crippen molar-refractivity contribution < 1.29 is 29.0 Å². The SMILES string of the molecule is CCCOc1ccc(C2NC(CCCNC(N)=O)(C(=O)O)C3C(=O)N(c4ccc(C)c(Cl)c4)C(=O)C23)cc1. The Morgan fingerprint density at radius 2 is 1.89 bits per heavy atom. The van der Waals surface area contributed by atoms with Crippen LogP contribution in [-0.2, 0) is 14.4 Å². The Balaban J connectivity index is 1.75. The van der Waals surface area contributed by atoms with Gasteiger partial charge >= 0.3 is 12.0 Å². The molecule has 0 bridgehead atoms. The lowest BCUT2D eigenvalue weighted by Gasteiger charge is -2.31. The van der Waals surface area contributed by atoms with E-state index in [-0.39, 0.29) is 19.4 Å². The van der Waals surface area contributed by atoms with Crippen LogP contribution in [0, 0.1) is 18.8 Å². The Hall–Kier alpha value is -3.63. The van der Waals surface area contributed by atoms with Crippen LogP contribution in [0.2, 0.25) is 5.02 Å². The molecule has 38 heavy (non-hydrogen) atoms. The molecule has 4 atom stereocenters. The van der Waals surface area contributed by atoms with Gasteiger partial charge in [-0.25, -0.2) is 9.69 Å². The number of nitrogens with one attached hydrogen (secondary N) is 2. The van der Waals surface area contributed by atoms with E-state index in [4.69, 9.17) is 22.1 Å². The number of carbonyl (C=O) groups excluding carboxylic acids is 3. The van der Waals surface area contributed by atoms with Crippen LogP contribution in [-0.4, -0.2) is 47.6 Å². The van der Waals surface area contributed by atoms with Crippen LogP contribution in [0.4, 0.5) is 10.5 Å². The molecule has 2 saturated heterocycles. The maximum atomic E-state index is 13.9. The minimum Gasteiger partial charge on any atom is -0.494 e. The number of imide groups is 1. The summed E-state index contributed by atoms with van der Waals surface area (Å²) in [6.45, 7) is 4.47. The Morgan fingerprint density at radius 3 is 2.50 bits per heavy atom. The largest absolute Gasteiger partial charge is 0.494 e. The number of nitrogens with zero attached hydrogens (tertiary/aromatic N) is 1. The van der Waals surface area contributed by atoms with E-state index in [0.717, 1.165) is 16.9 Å². The third-order valence-electron chi connectivity index (χ3n) is 7.21. The summed E-state index contributed by atoms with van der Waals surface area (Å²) in [5, 5.41) is 16.4. The fourth-order valence-electron chi connectivity index (χ4n) is 5.37. The number of rotatable bonds is 10. The second-order valence-corrected chi connectivity index (χ2v) is 10.1. The summed E-state index contributed by atoms with van der Waals surface area (Å²) in [6, 6.07) is 10.5. The van der Waals surface area contributed by atoms with Gasteiger partial charge in [0.25, 0.3) is 0 Å². The van der Waals surface area contributed by atoms with E-state index >= 15 is 0 Å².